The van der Waals surface area contributed by atoms with Gasteiger partial charge in [-0.1, -0.05) is 13.0 Å². The normalized spacial score (nSPS) is 13.8. The van der Waals surface area contributed by atoms with Crippen molar-refractivity contribution in [3.63, 3.8) is 0 Å². The van der Waals surface area contributed by atoms with Crippen LogP contribution in [-0.2, 0) is 28.9 Å². The molecule has 1 unspecified atom stereocenters. The van der Waals surface area contributed by atoms with E-state index in [1.165, 1.54) is 9.56 Å². The molecule has 0 aromatic carbocycles. The van der Waals surface area contributed by atoms with Crippen molar-refractivity contribution in [2.24, 2.45) is 0 Å². The number of carbonyl (C=O) groups is 2. The molecule has 1 aliphatic rings. The zero-order valence-corrected chi connectivity index (χ0v) is 19.2. The van der Waals surface area contributed by atoms with Crippen molar-refractivity contribution < 1.29 is 27.5 Å². The van der Waals surface area contributed by atoms with Crippen LogP contribution in [0.5, 0.6) is 0 Å². The molecule has 0 spiro atoms. The summed E-state index contributed by atoms with van der Waals surface area (Å²) in [6, 6.07) is 5.85. The van der Waals surface area contributed by atoms with Gasteiger partial charge in [0, 0.05) is 47.4 Å². The highest BCUT2D eigenvalue weighted by Crippen LogP contribution is 2.34. The number of esters is 2. The molecule has 0 aliphatic heterocycles. The van der Waals surface area contributed by atoms with E-state index >= 15 is 0 Å². The van der Waals surface area contributed by atoms with Crippen molar-refractivity contribution in [3.05, 3.63) is 57.7 Å². The quantitative estimate of drug-likeness (QED) is 0.289. The molecule has 0 saturated carbocycles. The molecule has 3 heterocycles. The third-order valence-electron chi connectivity index (χ3n) is 5.67. The van der Waals surface area contributed by atoms with E-state index < -0.39 is 18.1 Å². The van der Waals surface area contributed by atoms with Crippen LogP contribution in [-0.4, -0.2) is 46.0 Å². The first kappa shape index (κ1) is 24.1. The van der Waals surface area contributed by atoms with Gasteiger partial charge in [-0.05, 0) is 48.9 Å². The number of aryl methyl sites for hydroxylation is 2. The second-order valence-corrected chi connectivity index (χ2v) is 9.06. The van der Waals surface area contributed by atoms with Crippen molar-refractivity contribution in [3.8, 4) is 11.3 Å². The maximum absolute atomic E-state index is 12.7. The fraction of sp³-hybridized carbons (Fsp3) is 0.391. The summed E-state index contributed by atoms with van der Waals surface area (Å²) in [4.78, 5) is 29.3. The summed E-state index contributed by atoms with van der Waals surface area (Å²) in [5.74, 6) is -3.53. The van der Waals surface area contributed by atoms with Crippen LogP contribution >= 0.6 is 11.3 Å². The van der Waals surface area contributed by atoms with E-state index in [9.17, 15) is 22.8 Å². The molecule has 1 atom stereocenters. The maximum Gasteiger partial charge on any atom is 0.491 e. The van der Waals surface area contributed by atoms with E-state index in [1.807, 2.05) is 11.4 Å². The van der Waals surface area contributed by atoms with Gasteiger partial charge in [0.15, 0.2) is 5.69 Å². The van der Waals surface area contributed by atoms with Gasteiger partial charge >= 0.3 is 18.1 Å². The average molecular weight is 493 g/mol. The largest absolute Gasteiger partial charge is 0.491 e. The molecule has 0 amide bonds. The number of carbonyl (C=O) groups excluding carboxylic acids is 2. The minimum Gasteiger partial charge on any atom is -0.381 e. The van der Waals surface area contributed by atoms with Crippen LogP contribution in [0.25, 0.3) is 11.3 Å². The lowest BCUT2D eigenvalue weighted by Gasteiger charge is -2.15. The van der Waals surface area contributed by atoms with Crippen molar-refractivity contribution in [2.75, 3.05) is 13.1 Å². The van der Waals surface area contributed by atoms with Gasteiger partial charge in [-0.2, -0.15) is 18.3 Å². The number of nitrogens with zero attached hydrogens (tertiary/aromatic N) is 3. The number of halogens is 3. The molecule has 0 saturated heterocycles. The Morgan fingerprint density at radius 2 is 2.12 bits per heavy atom. The molecule has 34 heavy (non-hydrogen) atoms. The molecule has 180 valence electrons. The molecule has 4 rings (SSSR count). The average Bonchev–Trinajstić information content (AvgIpc) is 3.46. The van der Waals surface area contributed by atoms with Crippen LogP contribution in [0.2, 0.25) is 0 Å². The van der Waals surface area contributed by atoms with Crippen molar-refractivity contribution in [1.29, 1.82) is 0 Å². The smallest absolute Gasteiger partial charge is 0.381 e. The number of hydrogen-bond donors (Lipinski definition) is 1. The SMILES string of the molecule is CC(CNCCCn1nc2c(c1C(=O)OC(=O)C(F)(F)F)CCc1cnccc1-2)c1cccs1. The lowest BCUT2D eigenvalue weighted by atomic mass is 9.90. The molecule has 7 nitrogen and oxygen atoms in total. The third-order valence-corrected chi connectivity index (χ3v) is 6.77. The number of nitrogens with one attached hydrogen (secondary N) is 1. The minimum absolute atomic E-state index is 0.109. The van der Waals surface area contributed by atoms with E-state index in [4.69, 9.17) is 0 Å². The lowest BCUT2D eigenvalue weighted by molar-refractivity contribution is -0.193. The van der Waals surface area contributed by atoms with Crippen molar-refractivity contribution in [2.45, 2.75) is 44.8 Å². The monoisotopic (exact) mass is 492 g/mol. The maximum atomic E-state index is 12.7. The second kappa shape index (κ2) is 10.1. The summed E-state index contributed by atoms with van der Waals surface area (Å²) in [6.45, 7) is 3.79. The van der Waals surface area contributed by atoms with Crippen LogP contribution in [0.3, 0.4) is 0 Å². The standard InChI is InChI=1S/C23H23F3N4O3S/c1-14(18-4-2-11-34-18)12-27-8-3-10-30-20(21(31)33-22(32)23(24,25)26)17-6-5-15-13-28-9-7-16(15)19(17)29-30/h2,4,7,9,11,13-14,27H,3,5-6,8,10,12H2,1H3. The summed E-state index contributed by atoms with van der Waals surface area (Å²) in [6.07, 6.45) is -0.443. The summed E-state index contributed by atoms with van der Waals surface area (Å²) >= 11 is 1.70. The number of pyridine rings is 1. The number of aromatic nitrogens is 3. The number of hydrogen-bond acceptors (Lipinski definition) is 7. The van der Waals surface area contributed by atoms with Gasteiger partial charge in [0.05, 0.1) is 5.69 Å². The molecule has 1 N–H and O–H groups in total. The Labute approximate surface area is 198 Å². The highest BCUT2D eigenvalue weighted by atomic mass is 32.1. The van der Waals surface area contributed by atoms with E-state index in [0.29, 0.717) is 43.0 Å². The van der Waals surface area contributed by atoms with E-state index in [0.717, 1.165) is 17.7 Å². The number of ether oxygens (including phenoxy) is 1. The minimum atomic E-state index is -5.26. The second-order valence-electron chi connectivity index (χ2n) is 8.08. The summed E-state index contributed by atoms with van der Waals surface area (Å²) < 4.78 is 43.6. The Morgan fingerprint density at radius 1 is 1.29 bits per heavy atom. The Balaban J connectivity index is 1.50. The van der Waals surface area contributed by atoms with E-state index in [-0.39, 0.29) is 12.2 Å². The summed E-state index contributed by atoms with van der Waals surface area (Å²) in [5, 5.41) is 9.92. The Morgan fingerprint density at radius 3 is 2.85 bits per heavy atom. The lowest BCUT2D eigenvalue weighted by Crippen LogP contribution is -2.29. The molecule has 11 heteroatoms. The molecule has 1 aliphatic carbocycles. The number of alkyl halides is 3. The van der Waals surface area contributed by atoms with Gasteiger partial charge in [0.25, 0.3) is 0 Å². The first-order chi connectivity index (χ1) is 16.3. The predicted octanol–water partition coefficient (Wildman–Crippen LogP) is 4.13. The fourth-order valence-corrected chi connectivity index (χ4v) is 4.78. The van der Waals surface area contributed by atoms with Crippen LogP contribution in [0.1, 0.15) is 45.8 Å². The Hall–Kier alpha value is -3.05. The highest BCUT2D eigenvalue weighted by molar-refractivity contribution is 7.10. The van der Waals surface area contributed by atoms with Gasteiger partial charge in [-0.15, -0.1) is 11.3 Å². The number of thiophene rings is 1. The van der Waals surface area contributed by atoms with Gasteiger partial charge in [-0.25, -0.2) is 9.59 Å². The molecule has 0 radical (unpaired) electrons. The van der Waals surface area contributed by atoms with Gasteiger partial charge in [0.1, 0.15) is 0 Å². The van der Waals surface area contributed by atoms with Gasteiger partial charge < -0.3 is 10.1 Å². The predicted molar refractivity (Wildman–Crippen MR) is 120 cm³/mol. The van der Waals surface area contributed by atoms with E-state index in [2.05, 4.69) is 33.1 Å². The van der Waals surface area contributed by atoms with Gasteiger partial charge in [0.2, 0.25) is 0 Å². The molecule has 3 aromatic rings. The topological polar surface area (TPSA) is 86.1 Å². The van der Waals surface area contributed by atoms with Crippen LogP contribution in [0, 0.1) is 0 Å². The fourth-order valence-electron chi connectivity index (χ4n) is 3.99. The van der Waals surface area contributed by atoms with Crippen molar-refractivity contribution >= 4 is 23.3 Å². The zero-order chi connectivity index (χ0) is 24.3. The molecule has 3 aromatic heterocycles. The summed E-state index contributed by atoms with van der Waals surface area (Å²) in [7, 11) is 0. The van der Waals surface area contributed by atoms with Gasteiger partial charge in [-0.3, -0.25) is 9.67 Å². The zero-order valence-electron chi connectivity index (χ0n) is 18.4. The number of rotatable bonds is 8. The highest BCUT2D eigenvalue weighted by Gasteiger charge is 2.43. The molecular weight excluding hydrogens is 469 g/mol. The van der Waals surface area contributed by atoms with Crippen LogP contribution in [0.15, 0.2) is 36.0 Å². The molecule has 0 fully saturated rings. The molecular formula is C23H23F3N4O3S. The van der Waals surface area contributed by atoms with Crippen LogP contribution < -0.4 is 5.32 Å². The third kappa shape index (κ3) is 5.20. The first-order valence-electron chi connectivity index (χ1n) is 10.9. The Kier molecular flexibility index (Phi) is 7.13. The number of fused-ring (bicyclic) bond motifs is 3. The molecule has 0 bridgehead atoms. The summed E-state index contributed by atoms with van der Waals surface area (Å²) in [5.41, 5.74) is 2.60. The first-order valence-corrected chi connectivity index (χ1v) is 11.7. The van der Waals surface area contributed by atoms with E-state index in [1.54, 1.807) is 29.8 Å². The Bertz CT molecular complexity index is 1170. The van der Waals surface area contributed by atoms with Crippen molar-refractivity contribution in [1.82, 2.24) is 20.1 Å². The van der Waals surface area contributed by atoms with Crippen LogP contribution in [0.4, 0.5) is 13.2 Å².